The number of ether oxygens (including phenoxy) is 1. The second kappa shape index (κ2) is 8.41. The van der Waals surface area contributed by atoms with E-state index in [4.69, 9.17) is 20.8 Å². The summed E-state index contributed by atoms with van der Waals surface area (Å²) in [5.74, 6) is 0.421. The Kier molecular flexibility index (Phi) is 5.43. The Morgan fingerprint density at radius 3 is 2.36 bits per heavy atom. The van der Waals surface area contributed by atoms with Gasteiger partial charge in [0.25, 0.3) is 5.91 Å². The van der Waals surface area contributed by atoms with Crippen LogP contribution in [0.2, 0.25) is 5.02 Å². The SMILES string of the molecule is CCOc1ccc(N2C(=O)c3oc4ccc(Cl)cc4c(=O)c3C2c2ccc(CC)cc2)cc1. The fourth-order valence-electron chi connectivity index (χ4n) is 4.33. The number of benzene rings is 3. The summed E-state index contributed by atoms with van der Waals surface area (Å²) in [5.41, 5.74) is 3.08. The van der Waals surface area contributed by atoms with Gasteiger partial charge in [0.15, 0.2) is 5.43 Å². The van der Waals surface area contributed by atoms with Crippen molar-refractivity contribution >= 4 is 34.2 Å². The van der Waals surface area contributed by atoms with Gasteiger partial charge < -0.3 is 9.15 Å². The molecule has 0 radical (unpaired) electrons. The maximum atomic E-state index is 13.6. The molecule has 1 atom stereocenters. The Hall–Kier alpha value is -3.57. The molecule has 5 rings (SSSR count). The summed E-state index contributed by atoms with van der Waals surface area (Å²) in [5, 5.41) is 0.795. The largest absolute Gasteiger partial charge is 0.494 e. The highest BCUT2D eigenvalue weighted by molar-refractivity contribution is 6.31. The van der Waals surface area contributed by atoms with Crippen LogP contribution in [0.15, 0.2) is 75.9 Å². The third-order valence-electron chi connectivity index (χ3n) is 5.96. The summed E-state index contributed by atoms with van der Waals surface area (Å²) in [4.78, 5) is 28.9. The standard InChI is InChI=1S/C27H22ClNO4/c1-3-16-5-7-17(8-6-16)24-23-25(30)21-15-18(28)9-14-22(21)33-26(23)27(31)29(24)19-10-12-20(13-11-19)32-4-2/h5-15,24H,3-4H2,1-2H3. The van der Waals surface area contributed by atoms with Crippen molar-refractivity contribution in [2.24, 2.45) is 0 Å². The molecule has 0 bridgehead atoms. The van der Waals surface area contributed by atoms with Crippen LogP contribution in [0, 0.1) is 0 Å². The van der Waals surface area contributed by atoms with Gasteiger partial charge in [0.2, 0.25) is 5.76 Å². The zero-order valence-corrected chi connectivity index (χ0v) is 19.1. The van der Waals surface area contributed by atoms with E-state index >= 15 is 0 Å². The maximum Gasteiger partial charge on any atom is 0.295 e. The lowest BCUT2D eigenvalue weighted by Gasteiger charge is -2.25. The van der Waals surface area contributed by atoms with Crippen LogP contribution in [0.25, 0.3) is 11.0 Å². The molecule has 0 spiro atoms. The summed E-state index contributed by atoms with van der Waals surface area (Å²) in [6.45, 7) is 4.55. The molecule has 2 heterocycles. The molecule has 0 fully saturated rings. The second-order valence-corrected chi connectivity index (χ2v) is 8.35. The Morgan fingerprint density at radius 2 is 1.70 bits per heavy atom. The molecule has 1 aromatic heterocycles. The van der Waals surface area contributed by atoms with Gasteiger partial charge in [-0.25, -0.2) is 0 Å². The first-order chi connectivity index (χ1) is 16.0. The topological polar surface area (TPSA) is 59.8 Å². The van der Waals surface area contributed by atoms with Gasteiger partial charge in [-0.05, 0) is 66.9 Å². The fraction of sp³-hybridized carbons (Fsp3) is 0.185. The molecule has 1 unspecified atom stereocenters. The number of anilines is 1. The van der Waals surface area contributed by atoms with Crippen molar-refractivity contribution in [3.05, 3.63) is 104 Å². The molecule has 166 valence electrons. The third kappa shape index (κ3) is 3.58. The molecule has 6 heteroatoms. The predicted molar refractivity (Wildman–Crippen MR) is 130 cm³/mol. The zero-order valence-electron chi connectivity index (χ0n) is 18.3. The number of hydrogen-bond acceptors (Lipinski definition) is 4. The third-order valence-corrected chi connectivity index (χ3v) is 6.20. The first-order valence-electron chi connectivity index (χ1n) is 10.9. The molecule has 0 saturated heterocycles. The number of carbonyl (C=O) groups excluding carboxylic acids is 1. The number of halogens is 1. The smallest absolute Gasteiger partial charge is 0.295 e. The van der Waals surface area contributed by atoms with Crippen LogP contribution in [0.3, 0.4) is 0 Å². The number of nitrogens with zero attached hydrogens (tertiary/aromatic N) is 1. The molecule has 4 aromatic rings. The summed E-state index contributed by atoms with van der Waals surface area (Å²) in [7, 11) is 0. The Bertz CT molecular complexity index is 1410. The number of carbonyl (C=O) groups is 1. The zero-order chi connectivity index (χ0) is 23.1. The van der Waals surface area contributed by atoms with Crippen molar-refractivity contribution in [1.29, 1.82) is 0 Å². The molecule has 5 nitrogen and oxygen atoms in total. The molecule has 0 saturated carbocycles. The van der Waals surface area contributed by atoms with Crippen LogP contribution < -0.4 is 15.1 Å². The quantitative estimate of drug-likeness (QED) is 0.358. The average Bonchev–Trinajstić information content (AvgIpc) is 3.13. The Balaban J connectivity index is 1.73. The summed E-state index contributed by atoms with van der Waals surface area (Å²) in [6.07, 6.45) is 0.897. The van der Waals surface area contributed by atoms with Crippen molar-refractivity contribution in [1.82, 2.24) is 0 Å². The van der Waals surface area contributed by atoms with Crippen molar-refractivity contribution in [3.8, 4) is 5.75 Å². The molecule has 3 aromatic carbocycles. The summed E-state index contributed by atoms with van der Waals surface area (Å²) >= 11 is 6.15. The normalized spacial score (nSPS) is 15.2. The van der Waals surface area contributed by atoms with Gasteiger partial charge in [-0.2, -0.15) is 0 Å². The monoisotopic (exact) mass is 459 g/mol. The summed E-state index contributed by atoms with van der Waals surface area (Å²) in [6, 6.07) is 19.5. The minimum Gasteiger partial charge on any atom is -0.494 e. The number of hydrogen-bond donors (Lipinski definition) is 0. The van der Waals surface area contributed by atoms with Crippen molar-refractivity contribution in [2.45, 2.75) is 26.3 Å². The molecule has 33 heavy (non-hydrogen) atoms. The van der Waals surface area contributed by atoms with Crippen LogP contribution in [0.4, 0.5) is 5.69 Å². The van der Waals surface area contributed by atoms with Crippen LogP contribution in [-0.4, -0.2) is 12.5 Å². The lowest BCUT2D eigenvalue weighted by molar-refractivity contribution is 0.0971. The highest BCUT2D eigenvalue weighted by Crippen LogP contribution is 2.41. The van der Waals surface area contributed by atoms with E-state index in [-0.39, 0.29) is 17.1 Å². The van der Waals surface area contributed by atoms with Gasteiger partial charge in [0.05, 0.1) is 23.6 Å². The number of fused-ring (bicyclic) bond motifs is 2. The lowest BCUT2D eigenvalue weighted by Crippen LogP contribution is -2.29. The van der Waals surface area contributed by atoms with Crippen LogP contribution >= 0.6 is 11.6 Å². The lowest BCUT2D eigenvalue weighted by atomic mass is 9.97. The van der Waals surface area contributed by atoms with Crippen molar-refractivity contribution in [3.63, 3.8) is 0 Å². The van der Waals surface area contributed by atoms with Crippen LogP contribution in [0.5, 0.6) is 5.75 Å². The average molecular weight is 460 g/mol. The molecular formula is C27H22ClNO4. The second-order valence-electron chi connectivity index (χ2n) is 7.91. The Labute approximate surface area is 196 Å². The molecule has 1 amide bonds. The highest BCUT2D eigenvalue weighted by atomic mass is 35.5. The number of rotatable bonds is 5. The first kappa shape index (κ1) is 21.3. The van der Waals surface area contributed by atoms with Gasteiger partial charge in [-0.15, -0.1) is 0 Å². The highest BCUT2D eigenvalue weighted by Gasteiger charge is 2.43. The number of amides is 1. The molecular weight excluding hydrogens is 438 g/mol. The van der Waals surface area contributed by atoms with E-state index in [9.17, 15) is 9.59 Å². The van der Waals surface area contributed by atoms with E-state index in [1.54, 1.807) is 23.1 Å². The molecule has 0 aliphatic carbocycles. The van der Waals surface area contributed by atoms with Crippen LogP contribution in [-0.2, 0) is 6.42 Å². The van der Waals surface area contributed by atoms with Gasteiger partial charge in [0.1, 0.15) is 11.3 Å². The minimum atomic E-state index is -0.615. The van der Waals surface area contributed by atoms with E-state index in [1.807, 2.05) is 55.5 Å². The van der Waals surface area contributed by atoms with Gasteiger partial charge in [-0.1, -0.05) is 42.8 Å². The van der Waals surface area contributed by atoms with E-state index in [2.05, 4.69) is 6.92 Å². The van der Waals surface area contributed by atoms with Gasteiger partial charge in [-0.3, -0.25) is 14.5 Å². The predicted octanol–water partition coefficient (Wildman–Crippen LogP) is 6.16. The molecule has 1 aliphatic heterocycles. The van der Waals surface area contributed by atoms with E-state index in [0.29, 0.717) is 39.6 Å². The van der Waals surface area contributed by atoms with E-state index in [0.717, 1.165) is 12.0 Å². The van der Waals surface area contributed by atoms with E-state index < -0.39 is 6.04 Å². The summed E-state index contributed by atoms with van der Waals surface area (Å²) < 4.78 is 11.5. The Morgan fingerprint density at radius 1 is 0.970 bits per heavy atom. The van der Waals surface area contributed by atoms with Gasteiger partial charge >= 0.3 is 0 Å². The fourth-order valence-corrected chi connectivity index (χ4v) is 4.50. The molecule has 0 N–H and O–H groups in total. The van der Waals surface area contributed by atoms with Crippen molar-refractivity contribution < 1.29 is 13.9 Å². The number of aryl methyl sites for hydroxylation is 1. The maximum absolute atomic E-state index is 13.6. The van der Waals surface area contributed by atoms with Crippen molar-refractivity contribution in [2.75, 3.05) is 11.5 Å². The first-order valence-corrected chi connectivity index (χ1v) is 11.3. The molecule has 1 aliphatic rings. The van der Waals surface area contributed by atoms with E-state index in [1.165, 1.54) is 5.56 Å². The van der Waals surface area contributed by atoms with Crippen LogP contribution in [0.1, 0.15) is 47.1 Å². The minimum absolute atomic E-state index is 0.0632. The van der Waals surface area contributed by atoms with Gasteiger partial charge in [0, 0.05) is 10.7 Å².